The van der Waals surface area contributed by atoms with Gasteiger partial charge in [0.2, 0.25) is 11.9 Å². The van der Waals surface area contributed by atoms with Gasteiger partial charge in [-0.05, 0) is 31.7 Å². The molecule has 0 atom stereocenters. The van der Waals surface area contributed by atoms with Gasteiger partial charge in [0.25, 0.3) is 0 Å². The zero-order valence-electron chi connectivity index (χ0n) is 11.3. The number of rotatable bonds is 2. The first kappa shape index (κ1) is 11.6. The second kappa shape index (κ2) is 4.13. The normalized spacial score (nSPS) is 23.8. The van der Waals surface area contributed by atoms with Crippen molar-refractivity contribution in [2.24, 2.45) is 5.92 Å². The molecule has 3 fully saturated rings. The van der Waals surface area contributed by atoms with Crippen molar-refractivity contribution in [2.75, 3.05) is 17.2 Å². The third-order valence-electron chi connectivity index (χ3n) is 4.17. The second-order valence-corrected chi connectivity index (χ2v) is 5.67. The monoisotopic (exact) mass is 268 g/mol. The van der Waals surface area contributed by atoms with E-state index in [9.17, 15) is 0 Å². The third-order valence-corrected chi connectivity index (χ3v) is 4.17. The van der Waals surface area contributed by atoms with E-state index in [4.69, 9.17) is 5.73 Å². The summed E-state index contributed by atoms with van der Waals surface area (Å²) in [5.41, 5.74) is 8.22. The van der Waals surface area contributed by atoms with Gasteiger partial charge in [-0.15, -0.1) is 0 Å². The number of nitrogens with two attached hydrogens (primary N) is 1. The Hall–Kier alpha value is -2.24. The average molecular weight is 268 g/mol. The van der Waals surface area contributed by atoms with Crippen LogP contribution in [0.5, 0.6) is 0 Å². The van der Waals surface area contributed by atoms with E-state index in [0.29, 0.717) is 6.04 Å². The van der Waals surface area contributed by atoms with E-state index in [2.05, 4.69) is 24.8 Å². The van der Waals surface area contributed by atoms with E-state index < -0.39 is 0 Å². The molecule has 2 bridgehead atoms. The molecule has 3 aliphatic rings. The molecule has 6 nitrogen and oxygen atoms in total. The maximum atomic E-state index is 5.52. The van der Waals surface area contributed by atoms with Crippen molar-refractivity contribution in [1.82, 2.24) is 19.9 Å². The second-order valence-electron chi connectivity index (χ2n) is 5.67. The van der Waals surface area contributed by atoms with E-state index >= 15 is 0 Å². The minimum atomic E-state index is 0.278. The van der Waals surface area contributed by atoms with E-state index in [1.165, 1.54) is 12.8 Å². The summed E-state index contributed by atoms with van der Waals surface area (Å²) >= 11 is 0. The van der Waals surface area contributed by atoms with Crippen molar-refractivity contribution < 1.29 is 0 Å². The number of anilines is 2. The van der Waals surface area contributed by atoms with E-state index in [1.807, 2.05) is 13.0 Å². The van der Waals surface area contributed by atoms with Crippen LogP contribution in [0, 0.1) is 12.8 Å². The standard InChI is InChI=1S/C14H16N6/c1-8-2-12(10-5-16-13(15)17-6-10)19-14(18-8)20-7-9-3-11(20)4-9/h2,5-6,9,11H,3-4,7H2,1H3,(H2,15,16,17). The van der Waals surface area contributed by atoms with Crippen molar-refractivity contribution in [2.45, 2.75) is 25.8 Å². The van der Waals surface area contributed by atoms with Gasteiger partial charge in [0.15, 0.2) is 0 Å². The molecular weight excluding hydrogens is 252 g/mol. The lowest BCUT2D eigenvalue weighted by molar-refractivity contribution is 0.380. The highest BCUT2D eigenvalue weighted by molar-refractivity contribution is 5.60. The largest absolute Gasteiger partial charge is 0.368 e. The first-order valence-corrected chi connectivity index (χ1v) is 6.89. The van der Waals surface area contributed by atoms with Gasteiger partial charge >= 0.3 is 0 Å². The summed E-state index contributed by atoms with van der Waals surface area (Å²) in [6.07, 6.45) is 5.99. The van der Waals surface area contributed by atoms with Crippen molar-refractivity contribution in [1.29, 1.82) is 0 Å². The Morgan fingerprint density at radius 2 is 1.95 bits per heavy atom. The highest BCUT2D eigenvalue weighted by Crippen LogP contribution is 2.42. The smallest absolute Gasteiger partial charge is 0.226 e. The number of fused-ring (bicyclic) bond motifs is 1. The average Bonchev–Trinajstić information content (AvgIpc) is 2.98. The van der Waals surface area contributed by atoms with Crippen molar-refractivity contribution in [3.05, 3.63) is 24.2 Å². The molecule has 0 amide bonds. The SMILES string of the molecule is Cc1cc(-c2cnc(N)nc2)nc(N2CC3CC2C3)n1. The van der Waals surface area contributed by atoms with Crippen molar-refractivity contribution >= 4 is 11.9 Å². The van der Waals surface area contributed by atoms with Crippen LogP contribution in [0.15, 0.2) is 18.5 Å². The van der Waals surface area contributed by atoms with Crippen LogP contribution < -0.4 is 10.6 Å². The molecule has 4 heterocycles. The predicted molar refractivity (Wildman–Crippen MR) is 76.1 cm³/mol. The summed E-state index contributed by atoms with van der Waals surface area (Å²) in [5, 5.41) is 0. The number of nitrogen functional groups attached to an aromatic ring is 1. The van der Waals surface area contributed by atoms with E-state index in [1.54, 1.807) is 12.4 Å². The molecule has 2 aliphatic heterocycles. The van der Waals surface area contributed by atoms with Gasteiger partial charge in [0, 0.05) is 36.2 Å². The molecule has 102 valence electrons. The molecule has 20 heavy (non-hydrogen) atoms. The summed E-state index contributed by atoms with van der Waals surface area (Å²) in [7, 11) is 0. The van der Waals surface area contributed by atoms with Crippen LogP contribution in [-0.4, -0.2) is 32.5 Å². The maximum Gasteiger partial charge on any atom is 0.226 e. The lowest BCUT2D eigenvalue weighted by atomic mass is 9.86. The van der Waals surface area contributed by atoms with Crippen LogP contribution in [0.1, 0.15) is 18.5 Å². The van der Waals surface area contributed by atoms with Crippen LogP contribution in [0.4, 0.5) is 11.9 Å². The molecule has 1 saturated carbocycles. The fourth-order valence-electron chi connectivity index (χ4n) is 3.08. The van der Waals surface area contributed by atoms with Gasteiger partial charge in [-0.1, -0.05) is 0 Å². The third kappa shape index (κ3) is 1.79. The quantitative estimate of drug-likeness (QED) is 0.887. The first-order valence-electron chi connectivity index (χ1n) is 6.89. The Labute approximate surface area is 117 Å². The van der Waals surface area contributed by atoms with Crippen LogP contribution in [-0.2, 0) is 0 Å². The number of aryl methyl sites for hydroxylation is 1. The Morgan fingerprint density at radius 1 is 1.20 bits per heavy atom. The van der Waals surface area contributed by atoms with E-state index in [0.717, 1.165) is 35.4 Å². The Balaban J connectivity index is 1.73. The molecule has 5 rings (SSSR count). The molecule has 0 unspecified atom stereocenters. The number of hydrogen-bond acceptors (Lipinski definition) is 6. The first-order chi connectivity index (χ1) is 9.69. The molecule has 2 N–H and O–H groups in total. The highest BCUT2D eigenvalue weighted by Gasteiger charge is 2.43. The number of hydrogen-bond donors (Lipinski definition) is 1. The molecule has 2 saturated heterocycles. The number of nitrogens with zero attached hydrogens (tertiary/aromatic N) is 5. The van der Waals surface area contributed by atoms with Gasteiger partial charge in [0.1, 0.15) is 0 Å². The molecule has 0 aromatic carbocycles. The summed E-state index contributed by atoms with van der Waals surface area (Å²) in [5.74, 6) is 1.95. The summed E-state index contributed by atoms with van der Waals surface area (Å²) in [6, 6.07) is 2.59. The number of aromatic nitrogens is 4. The lowest BCUT2D eigenvalue weighted by Crippen LogP contribution is -2.30. The van der Waals surface area contributed by atoms with Crippen LogP contribution in [0.2, 0.25) is 0 Å². The van der Waals surface area contributed by atoms with Crippen LogP contribution in [0.25, 0.3) is 11.3 Å². The molecular formula is C14H16N6. The van der Waals surface area contributed by atoms with Crippen molar-refractivity contribution in [3.63, 3.8) is 0 Å². The summed E-state index contributed by atoms with van der Waals surface area (Å²) in [4.78, 5) is 19.7. The minimum absolute atomic E-state index is 0.278. The molecule has 2 aromatic heterocycles. The lowest BCUT2D eigenvalue weighted by Gasteiger charge is -2.26. The zero-order chi connectivity index (χ0) is 13.7. The molecule has 1 aliphatic carbocycles. The van der Waals surface area contributed by atoms with Crippen LogP contribution in [0.3, 0.4) is 0 Å². The fraction of sp³-hybridized carbons (Fsp3) is 0.429. The van der Waals surface area contributed by atoms with Gasteiger partial charge in [-0.2, -0.15) is 0 Å². The molecule has 0 radical (unpaired) electrons. The Kier molecular flexibility index (Phi) is 2.39. The zero-order valence-corrected chi connectivity index (χ0v) is 11.3. The fourth-order valence-corrected chi connectivity index (χ4v) is 3.08. The minimum Gasteiger partial charge on any atom is -0.368 e. The van der Waals surface area contributed by atoms with Crippen molar-refractivity contribution in [3.8, 4) is 11.3 Å². The summed E-state index contributed by atoms with van der Waals surface area (Å²) in [6.45, 7) is 3.08. The van der Waals surface area contributed by atoms with Gasteiger partial charge in [0.05, 0.1) is 5.69 Å². The predicted octanol–water partition coefficient (Wildman–Crippen LogP) is 1.42. The maximum absolute atomic E-state index is 5.52. The summed E-state index contributed by atoms with van der Waals surface area (Å²) < 4.78 is 0. The molecule has 0 spiro atoms. The Bertz CT molecular complexity index is 647. The van der Waals surface area contributed by atoms with Gasteiger partial charge in [-0.25, -0.2) is 19.9 Å². The van der Waals surface area contributed by atoms with Crippen LogP contribution >= 0.6 is 0 Å². The highest BCUT2D eigenvalue weighted by atomic mass is 15.3. The van der Waals surface area contributed by atoms with Gasteiger partial charge in [-0.3, -0.25) is 0 Å². The molecule has 6 heteroatoms. The molecule has 2 aromatic rings. The van der Waals surface area contributed by atoms with E-state index in [-0.39, 0.29) is 5.95 Å². The van der Waals surface area contributed by atoms with Gasteiger partial charge < -0.3 is 10.6 Å². The Morgan fingerprint density at radius 3 is 2.60 bits per heavy atom. The topological polar surface area (TPSA) is 80.8 Å².